The molecule has 96 valence electrons. The SMILES string of the molecule is O=C(C1=CCCO1)c1c(F)c(F)c(F)c(F)c1F. The Bertz CT molecular complexity index is 536. The molecular formula is C11H5F5O2. The Hall–Kier alpha value is -1.92. The Morgan fingerprint density at radius 2 is 1.44 bits per heavy atom. The summed E-state index contributed by atoms with van der Waals surface area (Å²) in [4.78, 5) is 11.6. The Morgan fingerprint density at radius 1 is 0.944 bits per heavy atom. The van der Waals surface area contributed by atoms with E-state index in [1.807, 2.05) is 0 Å². The highest BCUT2D eigenvalue weighted by Gasteiger charge is 2.32. The summed E-state index contributed by atoms with van der Waals surface area (Å²) < 4.78 is 69.8. The zero-order chi connectivity index (χ0) is 13.4. The van der Waals surface area contributed by atoms with Crippen molar-refractivity contribution in [2.24, 2.45) is 0 Å². The molecule has 0 radical (unpaired) electrons. The van der Waals surface area contributed by atoms with Gasteiger partial charge in [-0.05, 0) is 6.08 Å². The molecule has 0 unspecified atom stereocenters. The fourth-order valence-electron chi connectivity index (χ4n) is 1.50. The van der Waals surface area contributed by atoms with Crippen LogP contribution in [0.2, 0.25) is 0 Å². The number of rotatable bonds is 2. The highest BCUT2D eigenvalue weighted by atomic mass is 19.2. The van der Waals surface area contributed by atoms with Gasteiger partial charge in [0.1, 0.15) is 5.56 Å². The summed E-state index contributed by atoms with van der Waals surface area (Å²) in [7, 11) is 0. The zero-order valence-electron chi connectivity index (χ0n) is 8.70. The smallest absolute Gasteiger partial charge is 0.233 e. The quantitative estimate of drug-likeness (QED) is 0.355. The predicted molar refractivity (Wildman–Crippen MR) is 49.2 cm³/mol. The molecule has 0 bridgehead atoms. The van der Waals surface area contributed by atoms with Crippen LogP contribution in [0, 0.1) is 29.1 Å². The third-order valence-corrected chi connectivity index (χ3v) is 2.37. The topological polar surface area (TPSA) is 26.3 Å². The number of halogens is 5. The maximum absolute atomic E-state index is 13.3. The lowest BCUT2D eigenvalue weighted by atomic mass is 10.1. The lowest BCUT2D eigenvalue weighted by molar-refractivity contribution is 0.0931. The van der Waals surface area contributed by atoms with E-state index in [0.717, 1.165) is 0 Å². The van der Waals surface area contributed by atoms with Crippen LogP contribution in [-0.2, 0) is 4.74 Å². The molecule has 18 heavy (non-hydrogen) atoms. The van der Waals surface area contributed by atoms with Crippen molar-refractivity contribution in [1.29, 1.82) is 0 Å². The number of ether oxygens (including phenoxy) is 1. The van der Waals surface area contributed by atoms with E-state index in [4.69, 9.17) is 4.74 Å². The molecule has 0 aliphatic carbocycles. The molecule has 0 saturated carbocycles. The average molecular weight is 264 g/mol. The van der Waals surface area contributed by atoms with Gasteiger partial charge in [-0.3, -0.25) is 4.79 Å². The number of Topliss-reactive ketones (excluding diaryl/α,β-unsaturated/α-hetero) is 1. The van der Waals surface area contributed by atoms with E-state index in [1.165, 1.54) is 6.08 Å². The second-order valence-electron chi connectivity index (χ2n) is 3.48. The summed E-state index contributed by atoms with van der Waals surface area (Å²) in [6.07, 6.45) is 1.55. The van der Waals surface area contributed by atoms with Crippen LogP contribution in [0.15, 0.2) is 11.8 Å². The van der Waals surface area contributed by atoms with Gasteiger partial charge < -0.3 is 4.74 Å². The minimum Gasteiger partial charge on any atom is -0.489 e. The number of hydrogen-bond acceptors (Lipinski definition) is 2. The van der Waals surface area contributed by atoms with Gasteiger partial charge >= 0.3 is 0 Å². The molecule has 0 amide bonds. The number of ketones is 1. The molecule has 1 aliphatic heterocycles. The molecule has 2 rings (SSSR count). The first-order chi connectivity index (χ1) is 8.45. The first-order valence-electron chi connectivity index (χ1n) is 4.84. The van der Waals surface area contributed by atoms with E-state index in [9.17, 15) is 26.7 Å². The second kappa shape index (κ2) is 4.40. The third kappa shape index (κ3) is 1.75. The highest BCUT2D eigenvalue weighted by Crippen LogP contribution is 2.26. The van der Waals surface area contributed by atoms with E-state index >= 15 is 0 Å². The van der Waals surface area contributed by atoms with Crippen LogP contribution < -0.4 is 0 Å². The number of benzene rings is 1. The first kappa shape index (κ1) is 12.5. The van der Waals surface area contributed by atoms with Gasteiger partial charge in [0.05, 0.1) is 6.61 Å². The Morgan fingerprint density at radius 3 is 1.89 bits per heavy atom. The van der Waals surface area contributed by atoms with Crippen LogP contribution in [-0.4, -0.2) is 12.4 Å². The number of carbonyl (C=O) groups is 1. The van der Waals surface area contributed by atoms with E-state index in [1.54, 1.807) is 0 Å². The minimum atomic E-state index is -2.30. The first-order valence-corrected chi connectivity index (χ1v) is 4.84. The summed E-state index contributed by atoms with van der Waals surface area (Å²) in [5.74, 6) is -12.7. The molecule has 1 heterocycles. The van der Waals surface area contributed by atoms with Crippen molar-refractivity contribution in [2.75, 3.05) is 6.61 Å². The molecule has 7 heteroatoms. The van der Waals surface area contributed by atoms with Crippen molar-refractivity contribution in [3.63, 3.8) is 0 Å². The molecule has 1 aliphatic rings. The van der Waals surface area contributed by atoms with Crippen molar-refractivity contribution < 1.29 is 31.5 Å². The van der Waals surface area contributed by atoms with Gasteiger partial charge in [-0.1, -0.05) is 0 Å². The van der Waals surface area contributed by atoms with Gasteiger partial charge in [0.15, 0.2) is 29.0 Å². The van der Waals surface area contributed by atoms with Crippen molar-refractivity contribution in [1.82, 2.24) is 0 Å². The van der Waals surface area contributed by atoms with Crippen molar-refractivity contribution in [2.45, 2.75) is 6.42 Å². The van der Waals surface area contributed by atoms with Crippen LogP contribution in [0.3, 0.4) is 0 Å². The van der Waals surface area contributed by atoms with Gasteiger partial charge in [0.2, 0.25) is 11.6 Å². The molecule has 0 spiro atoms. The van der Waals surface area contributed by atoms with Gasteiger partial charge in [0.25, 0.3) is 0 Å². The van der Waals surface area contributed by atoms with Crippen molar-refractivity contribution in [3.8, 4) is 0 Å². The Kier molecular flexibility index (Phi) is 3.06. The fourth-order valence-corrected chi connectivity index (χ4v) is 1.50. The lowest BCUT2D eigenvalue weighted by Crippen LogP contribution is -2.14. The molecule has 0 saturated heterocycles. The third-order valence-electron chi connectivity index (χ3n) is 2.37. The maximum atomic E-state index is 13.3. The molecule has 0 N–H and O–H groups in total. The highest BCUT2D eigenvalue weighted by molar-refractivity contribution is 6.07. The van der Waals surface area contributed by atoms with Crippen LogP contribution in [0.5, 0.6) is 0 Å². The average Bonchev–Trinajstić information content (AvgIpc) is 2.88. The molecule has 0 aromatic heterocycles. The van der Waals surface area contributed by atoms with Crippen LogP contribution >= 0.6 is 0 Å². The minimum absolute atomic E-state index is 0.121. The van der Waals surface area contributed by atoms with E-state index in [2.05, 4.69) is 0 Å². The largest absolute Gasteiger partial charge is 0.489 e. The summed E-state index contributed by atoms with van der Waals surface area (Å²) in [6, 6.07) is 0. The monoisotopic (exact) mass is 264 g/mol. The fraction of sp³-hybridized carbons (Fsp3) is 0.182. The van der Waals surface area contributed by atoms with Gasteiger partial charge in [-0.15, -0.1) is 0 Å². The summed E-state index contributed by atoms with van der Waals surface area (Å²) in [5.41, 5.74) is -1.50. The standard InChI is InChI=1S/C11H5F5O2/c12-6-5(11(17)4-2-1-3-18-4)7(13)9(15)10(16)8(6)14/h2H,1,3H2. The van der Waals surface area contributed by atoms with Gasteiger partial charge in [-0.2, -0.15) is 0 Å². The number of allylic oxidation sites excluding steroid dienone is 1. The molecule has 1 aromatic carbocycles. The molecule has 0 fully saturated rings. The lowest BCUT2D eigenvalue weighted by Gasteiger charge is -2.07. The normalized spacial score (nSPS) is 14.4. The second-order valence-corrected chi connectivity index (χ2v) is 3.48. The van der Waals surface area contributed by atoms with E-state index in [-0.39, 0.29) is 6.61 Å². The van der Waals surface area contributed by atoms with Gasteiger partial charge in [0, 0.05) is 6.42 Å². The molecular weight excluding hydrogens is 259 g/mol. The molecule has 0 atom stereocenters. The van der Waals surface area contributed by atoms with Gasteiger partial charge in [-0.25, -0.2) is 22.0 Å². The summed E-state index contributed by atoms with van der Waals surface area (Å²) >= 11 is 0. The maximum Gasteiger partial charge on any atom is 0.233 e. The predicted octanol–water partition coefficient (Wildman–Crippen LogP) is 2.87. The summed E-state index contributed by atoms with van der Waals surface area (Å²) in [6.45, 7) is 0.121. The molecule has 1 aromatic rings. The van der Waals surface area contributed by atoms with Crippen molar-refractivity contribution >= 4 is 5.78 Å². The summed E-state index contributed by atoms with van der Waals surface area (Å²) in [5, 5.41) is 0. The van der Waals surface area contributed by atoms with E-state index in [0.29, 0.717) is 6.42 Å². The Balaban J connectivity index is 2.61. The molecule has 2 nitrogen and oxygen atoms in total. The van der Waals surface area contributed by atoms with E-state index < -0.39 is 46.2 Å². The zero-order valence-corrected chi connectivity index (χ0v) is 8.70. The van der Waals surface area contributed by atoms with Crippen LogP contribution in [0.4, 0.5) is 22.0 Å². The Labute approximate surface area is 97.7 Å². The number of hydrogen-bond donors (Lipinski definition) is 0. The van der Waals surface area contributed by atoms with Crippen molar-refractivity contribution in [3.05, 3.63) is 46.5 Å². The van der Waals surface area contributed by atoms with Crippen LogP contribution in [0.1, 0.15) is 16.8 Å². The number of carbonyl (C=O) groups excluding carboxylic acids is 1. The van der Waals surface area contributed by atoms with Crippen LogP contribution in [0.25, 0.3) is 0 Å².